The highest BCUT2D eigenvalue weighted by molar-refractivity contribution is 6.30. The van der Waals surface area contributed by atoms with Crippen LogP contribution in [-0.4, -0.2) is 11.9 Å². The van der Waals surface area contributed by atoms with Crippen molar-refractivity contribution in [3.05, 3.63) is 34.3 Å². The number of hydrogen-bond acceptors (Lipinski definition) is 2. The van der Waals surface area contributed by atoms with Crippen molar-refractivity contribution in [3.8, 4) is 0 Å². The van der Waals surface area contributed by atoms with Crippen molar-refractivity contribution in [1.82, 2.24) is 5.32 Å². The van der Waals surface area contributed by atoms with E-state index in [1.54, 1.807) is 6.92 Å². The molecular formula is C12H15ClN2O. The number of fused-ring (bicyclic) bond motifs is 1. The minimum absolute atomic E-state index is 0.0887. The van der Waals surface area contributed by atoms with E-state index in [0.29, 0.717) is 0 Å². The summed E-state index contributed by atoms with van der Waals surface area (Å²) in [7, 11) is 0. The van der Waals surface area contributed by atoms with E-state index in [1.165, 1.54) is 11.1 Å². The first kappa shape index (κ1) is 11.4. The van der Waals surface area contributed by atoms with Crippen LogP contribution in [0.1, 0.15) is 30.5 Å². The van der Waals surface area contributed by atoms with Crippen LogP contribution in [0.5, 0.6) is 0 Å². The van der Waals surface area contributed by atoms with Crippen molar-refractivity contribution in [1.29, 1.82) is 0 Å². The molecule has 0 aliphatic heterocycles. The summed E-state index contributed by atoms with van der Waals surface area (Å²) in [4.78, 5) is 11.5. The Kier molecular flexibility index (Phi) is 3.17. The van der Waals surface area contributed by atoms with Gasteiger partial charge in [-0.05, 0) is 43.0 Å². The van der Waals surface area contributed by atoms with Crippen LogP contribution in [0.4, 0.5) is 0 Å². The fraction of sp³-hybridized carbons (Fsp3) is 0.417. The van der Waals surface area contributed by atoms with Crippen LogP contribution in [-0.2, 0) is 11.2 Å². The third kappa shape index (κ3) is 2.20. The van der Waals surface area contributed by atoms with E-state index >= 15 is 0 Å². The Morgan fingerprint density at radius 1 is 1.62 bits per heavy atom. The predicted molar refractivity (Wildman–Crippen MR) is 64.3 cm³/mol. The topological polar surface area (TPSA) is 55.1 Å². The van der Waals surface area contributed by atoms with Gasteiger partial charge < -0.3 is 11.1 Å². The third-order valence-corrected chi connectivity index (χ3v) is 3.15. The van der Waals surface area contributed by atoms with Gasteiger partial charge in [-0.15, -0.1) is 0 Å². The third-order valence-electron chi connectivity index (χ3n) is 2.91. The second-order valence-electron chi connectivity index (χ2n) is 4.23. The van der Waals surface area contributed by atoms with Gasteiger partial charge in [-0.2, -0.15) is 0 Å². The fourth-order valence-electron chi connectivity index (χ4n) is 2.04. The summed E-state index contributed by atoms with van der Waals surface area (Å²) in [5, 5.41) is 3.70. The monoisotopic (exact) mass is 238 g/mol. The van der Waals surface area contributed by atoms with E-state index in [-0.39, 0.29) is 11.9 Å². The molecule has 0 saturated carbocycles. The number of benzene rings is 1. The maximum absolute atomic E-state index is 11.5. The van der Waals surface area contributed by atoms with Crippen LogP contribution in [0.25, 0.3) is 0 Å². The summed E-state index contributed by atoms with van der Waals surface area (Å²) in [6.07, 6.45) is 1.88. The van der Waals surface area contributed by atoms with E-state index in [0.717, 1.165) is 17.9 Å². The number of nitrogens with two attached hydrogens (primary N) is 1. The fourth-order valence-corrected chi connectivity index (χ4v) is 2.23. The number of hydrogen-bond donors (Lipinski definition) is 2. The maximum atomic E-state index is 11.5. The van der Waals surface area contributed by atoms with E-state index in [4.69, 9.17) is 17.3 Å². The molecule has 3 nitrogen and oxygen atoms in total. The summed E-state index contributed by atoms with van der Waals surface area (Å²) in [6, 6.07) is 5.43. The van der Waals surface area contributed by atoms with Crippen LogP contribution >= 0.6 is 11.6 Å². The zero-order valence-electron chi connectivity index (χ0n) is 9.16. The first-order chi connectivity index (χ1) is 7.58. The molecule has 1 aliphatic rings. The molecule has 16 heavy (non-hydrogen) atoms. The lowest BCUT2D eigenvalue weighted by molar-refractivity contribution is -0.122. The molecule has 3 N–H and O–H groups in total. The predicted octanol–water partition coefficient (Wildman–Crippen LogP) is 1.79. The molecule has 0 bridgehead atoms. The van der Waals surface area contributed by atoms with Crippen LogP contribution in [0.3, 0.4) is 0 Å². The summed E-state index contributed by atoms with van der Waals surface area (Å²) < 4.78 is 0. The number of amides is 1. The first-order valence-corrected chi connectivity index (χ1v) is 5.80. The van der Waals surface area contributed by atoms with E-state index in [1.807, 2.05) is 18.2 Å². The molecule has 2 atom stereocenters. The van der Waals surface area contributed by atoms with Crippen LogP contribution < -0.4 is 11.1 Å². The molecular weight excluding hydrogens is 224 g/mol. The molecule has 0 fully saturated rings. The first-order valence-electron chi connectivity index (χ1n) is 5.42. The number of halogens is 1. The van der Waals surface area contributed by atoms with Crippen LogP contribution in [0.2, 0.25) is 5.02 Å². The second kappa shape index (κ2) is 4.44. The van der Waals surface area contributed by atoms with E-state index in [9.17, 15) is 4.79 Å². The van der Waals surface area contributed by atoms with E-state index in [2.05, 4.69) is 5.32 Å². The number of carbonyl (C=O) groups excluding carboxylic acids is 1. The Bertz CT molecular complexity index is 417. The molecule has 0 radical (unpaired) electrons. The van der Waals surface area contributed by atoms with Crippen molar-refractivity contribution < 1.29 is 4.79 Å². The molecule has 0 saturated heterocycles. The quantitative estimate of drug-likeness (QED) is 0.826. The van der Waals surface area contributed by atoms with Gasteiger partial charge in [0.1, 0.15) is 0 Å². The van der Waals surface area contributed by atoms with Gasteiger partial charge in [0.25, 0.3) is 0 Å². The van der Waals surface area contributed by atoms with Crippen molar-refractivity contribution in [2.45, 2.75) is 31.8 Å². The van der Waals surface area contributed by atoms with E-state index < -0.39 is 6.04 Å². The molecule has 0 spiro atoms. The Morgan fingerprint density at radius 3 is 3.06 bits per heavy atom. The Balaban J connectivity index is 2.15. The standard InChI is InChI=1S/C12H15ClN2O/c1-7(14)12(16)15-11-5-2-8-6-9(13)3-4-10(8)11/h3-4,6-7,11H,2,5,14H2,1H3,(H,15,16)/t7-,11?/m0/s1. The molecule has 4 heteroatoms. The molecule has 1 amide bonds. The Hall–Kier alpha value is -1.06. The molecule has 1 unspecified atom stereocenters. The van der Waals surface area contributed by atoms with Crippen molar-refractivity contribution in [3.63, 3.8) is 0 Å². The number of carbonyl (C=O) groups is 1. The second-order valence-corrected chi connectivity index (χ2v) is 4.67. The normalized spacial score (nSPS) is 20.3. The average Bonchev–Trinajstić information content (AvgIpc) is 2.60. The molecule has 1 aromatic rings. The van der Waals surface area contributed by atoms with Gasteiger partial charge in [-0.1, -0.05) is 17.7 Å². The number of rotatable bonds is 2. The highest BCUT2D eigenvalue weighted by Crippen LogP contribution is 2.32. The van der Waals surface area contributed by atoms with Gasteiger partial charge in [-0.3, -0.25) is 4.79 Å². The van der Waals surface area contributed by atoms with Gasteiger partial charge in [0.2, 0.25) is 5.91 Å². The van der Waals surface area contributed by atoms with Crippen molar-refractivity contribution >= 4 is 17.5 Å². The molecule has 86 valence electrons. The van der Waals surface area contributed by atoms with Gasteiger partial charge in [-0.25, -0.2) is 0 Å². The Morgan fingerprint density at radius 2 is 2.38 bits per heavy atom. The summed E-state index contributed by atoms with van der Waals surface area (Å²) >= 11 is 5.92. The van der Waals surface area contributed by atoms with Crippen molar-refractivity contribution in [2.75, 3.05) is 0 Å². The molecule has 0 heterocycles. The zero-order valence-corrected chi connectivity index (χ0v) is 9.92. The molecule has 1 aliphatic carbocycles. The van der Waals surface area contributed by atoms with Gasteiger partial charge in [0.05, 0.1) is 12.1 Å². The van der Waals surface area contributed by atoms with Gasteiger partial charge >= 0.3 is 0 Å². The molecule has 1 aromatic carbocycles. The zero-order chi connectivity index (χ0) is 11.7. The average molecular weight is 239 g/mol. The van der Waals surface area contributed by atoms with Crippen LogP contribution in [0, 0.1) is 0 Å². The highest BCUT2D eigenvalue weighted by atomic mass is 35.5. The summed E-state index contributed by atoms with van der Waals surface area (Å²) in [5.74, 6) is -0.104. The smallest absolute Gasteiger partial charge is 0.237 e. The lowest BCUT2D eigenvalue weighted by atomic mass is 10.1. The number of aryl methyl sites for hydroxylation is 1. The summed E-state index contributed by atoms with van der Waals surface area (Å²) in [6.45, 7) is 1.69. The molecule has 2 rings (SSSR count). The van der Waals surface area contributed by atoms with Crippen molar-refractivity contribution in [2.24, 2.45) is 5.73 Å². The van der Waals surface area contributed by atoms with Crippen LogP contribution in [0.15, 0.2) is 18.2 Å². The SMILES string of the molecule is C[C@H](N)C(=O)NC1CCc2cc(Cl)ccc21. The van der Waals surface area contributed by atoms with Gasteiger partial charge in [0, 0.05) is 5.02 Å². The lowest BCUT2D eigenvalue weighted by Gasteiger charge is -2.15. The maximum Gasteiger partial charge on any atom is 0.237 e. The minimum Gasteiger partial charge on any atom is -0.348 e. The Labute approximate surface area is 100.0 Å². The lowest BCUT2D eigenvalue weighted by Crippen LogP contribution is -2.39. The summed E-state index contributed by atoms with van der Waals surface area (Å²) in [5.41, 5.74) is 7.91. The minimum atomic E-state index is -0.462. The highest BCUT2D eigenvalue weighted by Gasteiger charge is 2.24. The van der Waals surface area contributed by atoms with Gasteiger partial charge in [0.15, 0.2) is 0 Å². The largest absolute Gasteiger partial charge is 0.348 e. The number of nitrogens with one attached hydrogen (secondary N) is 1. The molecule has 0 aromatic heterocycles.